The van der Waals surface area contributed by atoms with Gasteiger partial charge in [-0.3, -0.25) is 0 Å². The molecule has 0 bridgehead atoms. The van der Waals surface area contributed by atoms with E-state index in [0.29, 0.717) is 11.8 Å². The number of hydrogen-bond donors (Lipinski definition) is 0. The van der Waals surface area contributed by atoms with E-state index in [2.05, 4.69) is 11.6 Å². The minimum Gasteiger partial charge on any atom is -0.852 e. The van der Waals surface area contributed by atoms with Gasteiger partial charge in [0.2, 0.25) is 0 Å². The largest absolute Gasteiger partial charge is 0.852 e. The zero-order valence-corrected chi connectivity index (χ0v) is 10.1. The minimum absolute atomic E-state index is 0.178. The Kier molecular flexibility index (Phi) is 5.40. The molecule has 0 saturated heterocycles. The van der Waals surface area contributed by atoms with E-state index in [9.17, 15) is 5.11 Å². The summed E-state index contributed by atoms with van der Waals surface area (Å²) in [6.07, 6.45) is 7.36. The third-order valence-corrected chi connectivity index (χ3v) is 3.23. The Morgan fingerprint density at radius 2 is 1.31 bits per heavy atom. The second-order valence-electron chi connectivity index (χ2n) is 4.42. The summed E-state index contributed by atoms with van der Waals surface area (Å²) in [7, 11) is 0. The van der Waals surface area contributed by atoms with Gasteiger partial charge < -0.3 is 5.11 Å². The molecule has 0 atom stereocenters. The van der Waals surface area contributed by atoms with Gasteiger partial charge in [0.25, 0.3) is 0 Å². The number of rotatable bonds is 2. The molecule has 74 valence electrons. The van der Waals surface area contributed by atoms with Crippen LogP contribution in [0.3, 0.4) is 0 Å². The summed E-state index contributed by atoms with van der Waals surface area (Å²) in [5, 5.41) is 11.5. The maximum atomic E-state index is 11.5. The molecule has 2 fully saturated rings. The first-order chi connectivity index (χ1) is 6.29. The van der Waals surface area contributed by atoms with Gasteiger partial charge in [-0.2, -0.15) is 0 Å². The molecule has 2 aliphatic carbocycles. The van der Waals surface area contributed by atoms with Gasteiger partial charge in [0, 0.05) is 0 Å². The monoisotopic (exact) mass is 196 g/mol. The van der Waals surface area contributed by atoms with Gasteiger partial charge in [-0.15, -0.1) is 6.10 Å². The van der Waals surface area contributed by atoms with Crippen molar-refractivity contribution in [2.24, 2.45) is 11.8 Å². The van der Waals surface area contributed by atoms with E-state index < -0.39 is 0 Å². The Morgan fingerprint density at radius 3 is 1.46 bits per heavy atom. The summed E-state index contributed by atoms with van der Waals surface area (Å²) in [6.45, 7) is 0. The summed E-state index contributed by atoms with van der Waals surface area (Å²) >= 11 is 0.750. The molecule has 1 nitrogen and oxygen atoms in total. The van der Waals surface area contributed by atoms with E-state index in [4.69, 9.17) is 0 Å². The molecule has 0 amide bonds. The predicted octanol–water partition coefficient (Wildman–Crippen LogP) is 2.10. The second kappa shape index (κ2) is 6.07. The predicted molar refractivity (Wildman–Crippen MR) is 56.0 cm³/mol. The third kappa shape index (κ3) is 3.28. The molecule has 0 unspecified atom stereocenters. The van der Waals surface area contributed by atoms with Crippen molar-refractivity contribution in [2.45, 2.75) is 56.2 Å². The maximum Gasteiger partial charge on any atom is -0.0515 e. The van der Waals surface area contributed by atoms with Crippen LogP contribution in [0.5, 0.6) is 0 Å². The van der Waals surface area contributed by atoms with E-state index >= 15 is 0 Å². The normalized spacial score (nSPS) is 22.5. The number of hydrogen-bond acceptors (Lipinski definition) is 1. The summed E-state index contributed by atoms with van der Waals surface area (Å²) in [4.78, 5) is 0. The molecule has 2 rings (SSSR count). The topological polar surface area (TPSA) is 23.1 Å². The van der Waals surface area contributed by atoms with Crippen molar-refractivity contribution < 1.29 is 5.11 Å². The smallest absolute Gasteiger partial charge is 0.0515 e. The van der Waals surface area contributed by atoms with Crippen LogP contribution in [0, 0.1) is 11.8 Å². The van der Waals surface area contributed by atoms with Crippen molar-refractivity contribution in [2.75, 3.05) is 0 Å². The molecule has 0 aromatic rings. The fourth-order valence-electron chi connectivity index (χ4n) is 1.92. The molecule has 2 heteroatoms. The van der Waals surface area contributed by atoms with Crippen LogP contribution in [0.2, 0.25) is 11.6 Å². The van der Waals surface area contributed by atoms with Crippen molar-refractivity contribution in [1.29, 1.82) is 0 Å². The van der Waals surface area contributed by atoms with Gasteiger partial charge in [-0.05, 0) is 0 Å². The molecule has 2 saturated carbocycles. The van der Waals surface area contributed by atoms with Crippen LogP contribution in [-0.4, -0.2) is 21.3 Å². The van der Waals surface area contributed by atoms with Crippen LogP contribution in [0.15, 0.2) is 0 Å². The molecule has 0 aliphatic heterocycles. The summed E-state index contributed by atoms with van der Waals surface area (Å²) in [5.41, 5.74) is 0. The van der Waals surface area contributed by atoms with Crippen LogP contribution < -0.4 is 5.11 Å². The van der Waals surface area contributed by atoms with Gasteiger partial charge in [0.1, 0.15) is 0 Å². The van der Waals surface area contributed by atoms with Gasteiger partial charge in [0.05, 0.1) is 0 Å². The van der Waals surface area contributed by atoms with Gasteiger partial charge >= 0.3 is 26.8 Å². The van der Waals surface area contributed by atoms with Gasteiger partial charge in [-0.25, -0.2) is 0 Å². The van der Waals surface area contributed by atoms with E-state index in [-0.39, 0.29) is 6.10 Å². The van der Waals surface area contributed by atoms with Crippen molar-refractivity contribution in [3.8, 4) is 0 Å². The Balaban J connectivity index is 0.000000251. The zero-order chi connectivity index (χ0) is 9.68. The Bertz CT molecular complexity index is 116. The van der Waals surface area contributed by atoms with Crippen LogP contribution in [0.25, 0.3) is 0 Å². The minimum atomic E-state index is -0.178. The van der Waals surface area contributed by atoms with E-state index in [1.165, 1.54) is 38.5 Å². The van der Waals surface area contributed by atoms with Crippen molar-refractivity contribution in [3.05, 3.63) is 0 Å². The molecular weight excluding hydrogens is 175 g/mol. The average Bonchev–Trinajstić information content (AvgIpc) is 1.79. The van der Waals surface area contributed by atoms with E-state index in [0.717, 1.165) is 15.2 Å². The molecule has 0 spiro atoms. The molecule has 13 heavy (non-hydrogen) atoms. The standard InChI is InChI=1S/C9H15O.2CH3.Al/c10-9(7-3-1-4-7)8-5-2-6-8;;;/h7-9H,1-6H2;2*1H3;/q-1;;;+1. The van der Waals surface area contributed by atoms with Crippen molar-refractivity contribution >= 4 is 15.2 Å². The fourth-order valence-corrected chi connectivity index (χ4v) is 1.92. The van der Waals surface area contributed by atoms with Crippen molar-refractivity contribution in [3.63, 3.8) is 0 Å². The summed E-state index contributed by atoms with van der Waals surface area (Å²) in [5.74, 6) is 5.57. The average molecular weight is 196 g/mol. The first-order valence-electron chi connectivity index (χ1n) is 5.69. The first kappa shape index (κ1) is 11.6. The molecule has 0 heterocycles. The quantitative estimate of drug-likeness (QED) is 0.620. The molecular formula is C11H21AlO. The SMILES string of the molecule is [CH3][Al+][CH3].[O-]C(C1CCC1)C1CCC1. The molecule has 0 N–H and O–H groups in total. The molecule has 0 aromatic heterocycles. The Labute approximate surface area is 88.6 Å². The van der Waals surface area contributed by atoms with Gasteiger partial charge in [-0.1, -0.05) is 50.4 Å². The summed E-state index contributed by atoms with van der Waals surface area (Å²) < 4.78 is 0. The van der Waals surface area contributed by atoms with E-state index in [1.807, 2.05) is 0 Å². The Morgan fingerprint density at radius 1 is 1.00 bits per heavy atom. The molecule has 0 radical (unpaired) electrons. The maximum absolute atomic E-state index is 11.5. The molecule has 0 aromatic carbocycles. The van der Waals surface area contributed by atoms with E-state index in [1.54, 1.807) is 0 Å². The van der Waals surface area contributed by atoms with Crippen LogP contribution in [-0.2, 0) is 0 Å². The van der Waals surface area contributed by atoms with Crippen LogP contribution in [0.4, 0.5) is 0 Å². The third-order valence-electron chi connectivity index (χ3n) is 3.23. The fraction of sp³-hybridized carbons (Fsp3) is 1.00. The second-order valence-corrected chi connectivity index (χ2v) is 5.58. The van der Waals surface area contributed by atoms with Crippen LogP contribution in [0.1, 0.15) is 38.5 Å². The van der Waals surface area contributed by atoms with Crippen LogP contribution >= 0.6 is 0 Å². The van der Waals surface area contributed by atoms with Gasteiger partial charge in [0.15, 0.2) is 0 Å². The Hall–Kier alpha value is 0.492. The molecule has 2 aliphatic rings. The summed E-state index contributed by atoms with van der Waals surface area (Å²) in [6, 6.07) is 0. The van der Waals surface area contributed by atoms with Crippen molar-refractivity contribution in [1.82, 2.24) is 0 Å². The first-order valence-corrected chi connectivity index (χ1v) is 8.00. The zero-order valence-electron chi connectivity index (χ0n) is 8.96.